The van der Waals surface area contributed by atoms with E-state index in [4.69, 9.17) is 4.74 Å². The third-order valence-corrected chi connectivity index (χ3v) is 6.48. The van der Waals surface area contributed by atoms with Crippen LogP contribution in [0.2, 0.25) is 0 Å². The molecular weight excluding hydrogens is 426 g/mol. The Bertz CT molecular complexity index is 963. The summed E-state index contributed by atoms with van der Waals surface area (Å²) in [6, 6.07) is 5.99. The van der Waals surface area contributed by atoms with E-state index in [1.807, 2.05) is 12.1 Å². The number of benzene rings is 1. The van der Waals surface area contributed by atoms with Crippen LogP contribution < -0.4 is 5.32 Å². The van der Waals surface area contributed by atoms with E-state index in [1.54, 1.807) is 0 Å². The Balaban J connectivity index is 1.51. The maximum Gasteiger partial charge on any atom is 0.305 e. The Hall–Kier alpha value is -2.60. The van der Waals surface area contributed by atoms with Crippen LogP contribution in [0.4, 0.5) is 5.69 Å². The molecule has 0 radical (unpaired) electrons. The normalized spacial score (nSPS) is 14.2. The predicted molar refractivity (Wildman–Crippen MR) is 140 cm³/mol. The van der Waals surface area contributed by atoms with Crippen molar-refractivity contribution in [1.29, 1.82) is 0 Å². The van der Waals surface area contributed by atoms with Crippen molar-refractivity contribution in [3.05, 3.63) is 36.0 Å². The largest absolute Gasteiger partial charge is 0.466 e. The van der Waals surface area contributed by atoms with Gasteiger partial charge in [-0.2, -0.15) is 0 Å². The van der Waals surface area contributed by atoms with Crippen molar-refractivity contribution in [2.75, 3.05) is 31.6 Å². The molecule has 2 N–H and O–H groups in total. The third-order valence-electron chi connectivity index (χ3n) is 6.48. The Morgan fingerprint density at radius 3 is 2.68 bits per heavy atom. The number of aromatic nitrogens is 1. The molecule has 0 unspecified atom stereocenters. The number of ether oxygens (including phenoxy) is 1. The number of rotatable bonds is 14. The summed E-state index contributed by atoms with van der Waals surface area (Å²) in [7, 11) is 0. The molecule has 3 rings (SSSR count). The van der Waals surface area contributed by atoms with Gasteiger partial charge in [-0.15, -0.1) is 0 Å². The molecular formula is C28H41N3O3. The Labute approximate surface area is 204 Å². The molecule has 0 saturated heterocycles. The highest BCUT2D eigenvalue weighted by Crippen LogP contribution is 2.31. The van der Waals surface area contributed by atoms with Gasteiger partial charge in [0.25, 0.3) is 0 Å². The molecule has 6 nitrogen and oxygen atoms in total. The van der Waals surface area contributed by atoms with Crippen LogP contribution in [0.5, 0.6) is 0 Å². The summed E-state index contributed by atoms with van der Waals surface area (Å²) in [5.41, 5.74) is 4.47. The molecule has 0 atom stereocenters. The maximum absolute atomic E-state index is 12.4. The number of nitrogens with zero attached hydrogens (tertiary/aromatic N) is 1. The Kier molecular flexibility index (Phi) is 10.7. The van der Waals surface area contributed by atoms with Crippen molar-refractivity contribution < 1.29 is 14.3 Å². The first-order valence-corrected chi connectivity index (χ1v) is 13.1. The maximum atomic E-state index is 12.4. The van der Waals surface area contributed by atoms with Crippen LogP contribution in [0.3, 0.4) is 0 Å². The van der Waals surface area contributed by atoms with Gasteiger partial charge in [-0.3, -0.25) is 14.5 Å². The highest BCUT2D eigenvalue weighted by atomic mass is 16.5. The van der Waals surface area contributed by atoms with Gasteiger partial charge in [-0.05, 0) is 56.0 Å². The molecule has 1 amide bonds. The number of carbonyl (C=O) groups is 2. The Morgan fingerprint density at radius 1 is 1.06 bits per heavy atom. The van der Waals surface area contributed by atoms with Crippen LogP contribution in [-0.2, 0) is 14.3 Å². The number of nitrogens with one attached hydrogen (secondary N) is 2. The monoisotopic (exact) mass is 467 g/mol. The van der Waals surface area contributed by atoms with Gasteiger partial charge in [-0.25, -0.2) is 0 Å². The van der Waals surface area contributed by atoms with Crippen molar-refractivity contribution in [2.45, 2.75) is 78.1 Å². The average molecular weight is 468 g/mol. The number of unbranched alkanes of at least 4 members (excludes halogenated alkanes) is 4. The average Bonchev–Trinajstić information content (AvgIpc) is 3.26. The number of fused-ring (bicyclic) bond motifs is 1. The van der Waals surface area contributed by atoms with Crippen molar-refractivity contribution >= 4 is 34.0 Å². The molecule has 2 heterocycles. The second-order valence-corrected chi connectivity index (χ2v) is 9.28. The molecule has 0 fully saturated rings. The van der Waals surface area contributed by atoms with Gasteiger partial charge in [0.15, 0.2) is 0 Å². The lowest BCUT2D eigenvalue weighted by Gasteiger charge is -2.26. The minimum atomic E-state index is -0.222. The quantitative estimate of drug-likeness (QED) is 0.253. The molecule has 1 aromatic heterocycles. The summed E-state index contributed by atoms with van der Waals surface area (Å²) in [4.78, 5) is 30.0. The Morgan fingerprint density at radius 2 is 1.91 bits per heavy atom. The third kappa shape index (κ3) is 8.01. The first kappa shape index (κ1) is 26.0. The van der Waals surface area contributed by atoms with E-state index < -0.39 is 0 Å². The highest BCUT2D eigenvalue weighted by molar-refractivity contribution is 5.98. The van der Waals surface area contributed by atoms with E-state index in [-0.39, 0.29) is 18.3 Å². The number of hydrogen-bond acceptors (Lipinski definition) is 4. The summed E-state index contributed by atoms with van der Waals surface area (Å²) >= 11 is 0. The van der Waals surface area contributed by atoms with E-state index >= 15 is 0 Å². The zero-order chi connectivity index (χ0) is 24.2. The smallest absolute Gasteiger partial charge is 0.305 e. The van der Waals surface area contributed by atoms with Crippen molar-refractivity contribution in [3.8, 4) is 0 Å². The second-order valence-electron chi connectivity index (χ2n) is 9.28. The molecule has 1 aliphatic heterocycles. The first-order chi connectivity index (χ1) is 16.6. The lowest BCUT2D eigenvalue weighted by Crippen LogP contribution is -2.29. The van der Waals surface area contributed by atoms with Crippen molar-refractivity contribution in [3.63, 3.8) is 0 Å². The summed E-state index contributed by atoms with van der Waals surface area (Å²) in [6.07, 6.45) is 13.7. The van der Waals surface area contributed by atoms with Gasteiger partial charge in [0.1, 0.15) is 0 Å². The van der Waals surface area contributed by atoms with E-state index in [0.717, 1.165) is 48.9 Å². The summed E-state index contributed by atoms with van der Waals surface area (Å²) in [6.45, 7) is 8.07. The molecule has 1 aromatic carbocycles. The highest BCUT2D eigenvalue weighted by Gasteiger charge is 2.16. The predicted octanol–water partition coefficient (Wildman–Crippen LogP) is 6.29. The number of aromatic amines is 1. The molecule has 6 heteroatoms. The fraction of sp³-hybridized carbons (Fsp3) is 0.571. The number of carbonyl (C=O) groups excluding carboxylic acids is 2. The fourth-order valence-electron chi connectivity index (χ4n) is 4.40. The van der Waals surface area contributed by atoms with Crippen LogP contribution >= 0.6 is 0 Å². The zero-order valence-electron chi connectivity index (χ0n) is 21.0. The molecule has 186 valence electrons. The molecule has 0 saturated carbocycles. The molecule has 0 aliphatic carbocycles. The number of H-pyrrole nitrogens is 1. The molecule has 0 bridgehead atoms. The van der Waals surface area contributed by atoms with Gasteiger partial charge in [0.05, 0.1) is 6.61 Å². The van der Waals surface area contributed by atoms with E-state index in [1.165, 1.54) is 43.4 Å². The van der Waals surface area contributed by atoms with Crippen LogP contribution in [0.15, 0.2) is 30.5 Å². The van der Waals surface area contributed by atoms with Crippen LogP contribution in [0.25, 0.3) is 16.5 Å². The van der Waals surface area contributed by atoms with Crippen LogP contribution in [0, 0.1) is 0 Å². The SMILES string of the molecule is CCCCCCN1CC=C(c2c[nH]c3ccc(NC(=O)CCCC(=O)OCCCC)cc23)CC1. The number of esters is 1. The molecule has 0 spiro atoms. The molecule has 1 aliphatic rings. The number of hydrogen-bond donors (Lipinski definition) is 2. The van der Waals surface area contributed by atoms with Crippen molar-refractivity contribution in [2.24, 2.45) is 0 Å². The summed E-state index contributed by atoms with van der Waals surface area (Å²) in [5, 5.41) is 4.13. The standard InChI is InChI=1S/C28H41N3O3/c1-3-5-7-8-16-31-17-14-22(15-18-31)25-21-29-26-13-12-23(20-24(25)26)30-27(32)10-9-11-28(33)34-19-6-4-2/h12-14,20-21,29H,3-11,15-19H2,1-2H3,(H,30,32). The topological polar surface area (TPSA) is 74.4 Å². The number of anilines is 1. The summed E-state index contributed by atoms with van der Waals surface area (Å²) < 4.78 is 5.15. The van der Waals surface area contributed by atoms with Gasteiger partial charge in [-0.1, -0.05) is 45.6 Å². The van der Waals surface area contributed by atoms with E-state index in [9.17, 15) is 9.59 Å². The van der Waals surface area contributed by atoms with Gasteiger partial charge in [0, 0.05) is 54.3 Å². The minimum absolute atomic E-state index is 0.0756. The second kappa shape index (κ2) is 14.0. The fourth-order valence-corrected chi connectivity index (χ4v) is 4.40. The molecule has 2 aromatic rings. The van der Waals surface area contributed by atoms with E-state index in [2.05, 4.69) is 47.4 Å². The number of amides is 1. The van der Waals surface area contributed by atoms with E-state index in [0.29, 0.717) is 19.4 Å². The van der Waals surface area contributed by atoms with Gasteiger partial charge < -0.3 is 15.0 Å². The van der Waals surface area contributed by atoms with Crippen LogP contribution in [-0.4, -0.2) is 48.0 Å². The lowest BCUT2D eigenvalue weighted by molar-refractivity contribution is -0.143. The minimum Gasteiger partial charge on any atom is -0.466 e. The van der Waals surface area contributed by atoms with Gasteiger partial charge in [0.2, 0.25) is 5.91 Å². The summed E-state index contributed by atoms with van der Waals surface area (Å²) in [5.74, 6) is -0.298. The van der Waals surface area contributed by atoms with Crippen LogP contribution in [0.1, 0.15) is 83.6 Å². The zero-order valence-corrected chi connectivity index (χ0v) is 21.0. The van der Waals surface area contributed by atoms with Gasteiger partial charge >= 0.3 is 5.97 Å². The van der Waals surface area contributed by atoms with Crippen molar-refractivity contribution in [1.82, 2.24) is 9.88 Å². The first-order valence-electron chi connectivity index (χ1n) is 13.1. The molecule has 34 heavy (non-hydrogen) atoms. The lowest BCUT2D eigenvalue weighted by atomic mass is 9.98.